The molecule has 4 heteroatoms. The molecule has 1 saturated carbocycles. The van der Waals surface area contributed by atoms with E-state index in [2.05, 4.69) is 22.2 Å². The Bertz CT molecular complexity index is 305. The third-order valence-corrected chi connectivity index (χ3v) is 6.11. The van der Waals surface area contributed by atoms with Crippen molar-refractivity contribution < 1.29 is 5.11 Å². The van der Waals surface area contributed by atoms with Gasteiger partial charge in [-0.3, -0.25) is 0 Å². The minimum Gasteiger partial charge on any atom is -0.393 e. The second-order valence-electron chi connectivity index (χ2n) is 7.50. The summed E-state index contributed by atoms with van der Waals surface area (Å²) in [6, 6.07) is 1.39. The topological polar surface area (TPSA) is 38.7 Å². The van der Waals surface area contributed by atoms with Gasteiger partial charge in [-0.05, 0) is 90.6 Å². The Kier molecular flexibility index (Phi) is 5.54. The Hall–Kier alpha value is -0.160. The molecule has 0 aromatic heterocycles. The Balaban J connectivity index is 1.33. The summed E-state index contributed by atoms with van der Waals surface area (Å²) >= 11 is 0. The van der Waals surface area contributed by atoms with Crippen molar-refractivity contribution >= 4 is 0 Å². The number of aliphatic hydroxyl groups is 1. The fraction of sp³-hybridized carbons (Fsp3) is 1.00. The highest BCUT2D eigenvalue weighted by Crippen LogP contribution is 2.29. The molecule has 4 nitrogen and oxygen atoms in total. The smallest absolute Gasteiger partial charge is 0.0570 e. The number of aliphatic hydroxyl groups excluding tert-OH is 1. The van der Waals surface area contributed by atoms with Crippen LogP contribution in [-0.4, -0.2) is 72.9 Å². The first kappa shape index (κ1) is 15.7. The minimum absolute atomic E-state index is 0.0254. The van der Waals surface area contributed by atoms with Crippen molar-refractivity contribution in [1.82, 2.24) is 15.1 Å². The number of nitrogens with zero attached hydrogens (tertiary/aromatic N) is 2. The molecule has 2 aliphatic heterocycles. The summed E-state index contributed by atoms with van der Waals surface area (Å²) in [6.45, 7) is 6.31. The van der Waals surface area contributed by atoms with E-state index in [-0.39, 0.29) is 6.10 Å². The van der Waals surface area contributed by atoms with Crippen LogP contribution in [-0.2, 0) is 0 Å². The Labute approximate surface area is 129 Å². The van der Waals surface area contributed by atoms with E-state index in [1.54, 1.807) is 0 Å². The zero-order valence-corrected chi connectivity index (χ0v) is 13.6. The lowest BCUT2D eigenvalue weighted by atomic mass is 9.86. The molecule has 0 amide bonds. The fourth-order valence-electron chi connectivity index (χ4n) is 4.28. The zero-order valence-electron chi connectivity index (χ0n) is 13.6. The van der Waals surface area contributed by atoms with Crippen LogP contribution in [0.5, 0.6) is 0 Å². The molecule has 0 spiro atoms. The first-order valence-electron chi connectivity index (χ1n) is 9.05. The second kappa shape index (κ2) is 7.40. The summed E-state index contributed by atoms with van der Waals surface area (Å²) in [5.41, 5.74) is 0. The molecule has 1 aliphatic carbocycles. The summed E-state index contributed by atoms with van der Waals surface area (Å²) in [6.07, 6.45) is 8.75. The highest BCUT2D eigenvalue weighted by atomic mass is 16.3. The molecule has 122 valence electrons. The van der Waals surface area contributed by atoms with Gasteiger partial charge in [-0.15, -0.1) is 0 Å². The van der Waals surface area contributed by atoms with Crippen LogP contribution in [0.4, 0.5) is 0 Å². The van der Waals surface area contributed by atoms with Crippen molar-refractivity contribution in [2.45, 2.75) is 63.1 Å². The van der Waals surface area contributed by atoms with Crippen LogP contribution < -0.4 is 5.32 Å². The number of hydrogen-bond donors (Lipinski definition) is 2. The molecule has 3 fully saturated rings. The standard InChI is InChI=1S/C17H33N3O/c1-19(16-12-17(21)13-16)15-5-10-20(11-6-15)9-4-14-2-7-18-8-3-14/h14-18,21H,2-13H2,1H3. The normalized spacial score (nSPS) is 33.3. The second-order valence-corrected chi connectivity index (χ2v) is 7.50. The molecular weight excluding hydrogens is 262 g/mol. The van der Waals surface area contributed by atoms with Gasteiger partial charge in [0.25, 0.3) is 0 Å². The van der Waals surface area contributed by atoms with Gasteiger partial charge < -0.3 is 20.2 Å². The van der Waals surface area contributed by atoms with Crippen molar-refractivity contribution in [3.8, 4) is 0 Å². The molecule has 0 bridgehead atoms. The van der Waals surface area contributed by atoms with Gasteiger partial charge in [-0.25, -0.2) is 0 Å². The predicted molar refractivity (Wildman–Crippen MR) is 86.5 cm³/mol. The third-order valence-electron chi connectivity index (χ3n) is 6.11. The van der Waals surface area contributed by atoms with E-state index in [1.165, 1.54) is 64.8 Å². The van der Waals surface area contributed by atoms with Crippen LogP contribution in [0.2, 0.25) is 0 Å². The van der Waals surface area contributed by atoms with E-state index in [0.29, 0.717) is 6.04 Å². The van der Waals surface area contributed by atoms with Crippen LogP contribution in [0.3, 0.4) is 0 Å². The SMILES string of the molecule is CN(C1CCN(CCC2CCNCC2)CC1)C1CC(O)C1. The maximum atomic E-state index is 9.46. The maximum absolute atomic E-state index is 9.46. The average Bonchev–Trinajstić information content (AvgIpc) is 2.51. The van der Waals surface area contributed by atoms with Crippen LogP contribution >= 0.6 is 0 Å². The van der Waals surface area contributed by atoms with Gasteiger partial charge in [0, 0.05) is 12.1 Å². The minimum atomic E-state index is -0.0254. The molecule has 2 N–H and O–H groups in total. The van der Waals surface area contributed by atoms with Crippen molar-refractivity contribution in [2.24, 2.45) is 5.92 Å². The molecule has 0 aromatic carbocycles. The van der Waals surface area contributed by atoms with E-state index in [0.717, 1.165) is 24.8 Å². The van der Waals surface area contributed by atoms with Crippen molar-refractivity contribution in [1.29, 1.82) is 0 Å². The fourth-order valence-corrected chi connectivity index (χ4v) is 4.28. The van der Waals surface area contributed by atoms with Gasteiger partial charge in [0.05, 0.1) is 6.10 Å². The average molecular weight is 295 g/mol. The Morgan fingerprint density at radius 3 is 2.33 bits per heavy atom. The molecule has 0 unspecified atom stereocenters. The highest BCUT2D eigenvalue weighted by Gasteiger charge is 2.34. The number of hydrogen-bond acceptors (Lipinski definition) is 4. The van der Waals surface area contributed by atoms with E-state index >= 15 is 0 Å². The summed E-state index contributed by atoms with van der Waals surface area (Å²) in [5.74, 6) is 0.961. The lowest BCUT2D eigenvalue weighted by Crippen LogP contribution is -2.52. The maximum Gasteiger partial charge on any atom is 0.0570 e. The molecule has 0 aromatic rings. The predicted octanol–water partition coefficient (Wildman–Crippen LogP) is 1.30. The Morgan fingerprint density at radius 1 is 1.05 bits per heavy atom. The molecule has 21 heavy (non-hydrogen) atoms. The van der Waals surface area contributed by atoms with Crippen LogP contribution in [0, 0.1) is 5.92 Å². The molecule has 0 atom stereocenters. The van der Waals surface area contributed by atoms with Crippen LogP contribution in [0.1, 0.15) is 44.9 Å². The molecule has 0 radical (unpaired) electrons. The summed E-state index contributed by atoms with van der Waals surface area (Å²) in [7, 11) is 2.27. The zero-order chi connectivity index (χ0) is 14.7. The number of piperidine rings is 2. The van der Waals surface area contributed by atoms with Gasteiger partial charge in [-0.1, -0.05) is 0 Å². The summed E-state index contributed by atoms with van der Waals surface area (Å²) < 4.78 is 0. The largest absolute Gasteiger partial charge is 0.393 e. The van der Waals surface area contributed by atoms with E-state index < -0.39 is 0 Å². The first-order valence-corrected chi connectivity index (χ1v) is 9.05. The van der Waals surface area contributed by atoms with Crippen LogP contribution in [0.25, 0.3) is 0 Å². The number of rotatable bonds is 5. The van der Waals surface area contributed by atoms with Gasteiger partial charge in [0.2, 0.25) is 0 Å². The van der Waals surface area contributed by atoms with Crippen molar-refractivity contribution in [3.05, 3.63) is 0 Å². The highest BCUT2D eigenvalue weighted by molar-refractivity contribution is 4.90. The van der Waals surface area contributed by atoms with E-state index in [1.807, 2.05) is 0 Å². The monoisotopic (exact) mass is 295 g/mol. The van der Waals surface area contributed by atoms with Crippen molar-refractivity contribution in [2.75, 3.05) is 39.8 Å². The number of likely N-dealkylation sites (tertiary alicyclic amines) is 1. The number of nitrogens with one attached hydrogen (secondary N) is 1. The van der Waals surface area contributed by atoms with Crippen LogP contribution in [0.15, 0.2) is 0 Å². The van der Waals surface area contributed by atoms with Crippen molar-refractivity contribution in [3.63, 3.8) is 0 Å². The lowest BCUT2D eigenvalue weighted by Gasteiger charge is -2.45. The first-order chi connectivity index (χ1) is 10.2. The summed E-state index contributed by atoms with van der Waals surface area (Å²) in [4.78, 5) is 5.23. The summed E-state index contributed by atoms with van der Waals surface area (Å²) in [5, 5.41) is 12.9. The van der Waals surface area contributed by atoms with Gasteiger partial charge >= 0.3 is 0 Å². The lowest BCUT2D eigenvalue weighted by molar-refractivity contribution is -0.0165. The molecule has 3 aliphatic rings. The van der Waals surface area contributed by atoms with Gasteiger partial charge in [0.1, 0.15) is 0 Å². The molecule has 2 heterocycles. The molecular formula is C17H33N3O. The van der Waals surface area contributed by atoms with Gasteiger partial charge in [-0.2, -0.15) is 0 Å². The van der Waals surface area contributed by atoms with Gasteiger partial charge in [0.15, 0.2) is 0 Å². The third kappa shape index (κ3) is 4.19. The Morgan fingerprint density at radius 2 is 1.71 bits per heavy atom. The molecule has 2 saturated heterocycles. The quantitative estimate of drug-likeness (QED) is 0.802. The van der Waals surface area contributed by atoms with E-state index in [9.17, 15) is 5.11 Å². The molecule has 3 rings (SSSR count). The van der Waals surface area contributed by atoms with E-state index in [4.69, 9.17) is 0 Å².